The number of para-hydroxylation sites is 2. The van der Waals surface area contributed by atoms with Crippen molar-refractivity contribution in [3.8, 4) is 11.5 Å². The molecule has 2 heterocycles. The summed E-state index contributed by atoms with van der Waals surface area (Å²) in [5.41, 5.74) is 3.12. The van der Waals surface area contributed by atoms with Gasteiger partial charge in [-0.15, -0.1) is 0 Å². The molecular formula is C19H19N3O3. The third-order valence-corrected chi connectivity index (χ3v) is 4.36. The molecule has 1 fully saturated rings. The summed E-state index contributed by atoms with van der Waals surface area (Å²) in [6.07, 6.45) is 1.15. The number of aliphatic hydroxyl groups excluding tert-OH is 1. The Hall–Kier alpha value is -2.86. The summed E-state index contributed by atoms with van der Waals surface area (Å²) < 4.78 is 5.75. The number of aliphatic hydroxyl groups is 1. The Morgan fingerprint density at radius 1 is 1.20 bits per heavy atom. The van der Waals surface area contributed by atoms with Gasteiger partial charge in [-0.2, -0.15) is 0 Å². The molecule has 3 aromatic rings. The maximum Gasteiger partial charge on any atom is 0.321 e. The Bertz CT molecular complexity index is 855. The first kappa shape index (κ1) is 15.7. The van der Waals surface area contributed by atoms with E-state index in [0.717, 1.165) is 29.5 Å². The second-order valence-electron chi connectivity index (χ2n) is 6.24. The number of fused-ring (bicyclic) bond motifs is 1. The van der Waals surface area contributed by atoms with Gasteiger partial charge in [0.05, 0.1) is 6.10 Å². The molecule has 4 rings (SSSR count). The van der Waals surface area contributed by atoms with Crippen LogP contribution < -0.4 is 5.32 Å². The number of rotatable bonds is 2. The van der Waals surface area contributed by atoms with Gasteiger partial charge in [0, 0.05) is 24.3 Å². The number of hydrogen-bond acceptors (Lipinski definition) is 4. The highest BCUT2D eigenvalue weighted by molar-refractivity contribution is 5.89. The Morgan fingerprint density at radius 3 is 2.76 bits per heavy atom. The van der Waals surface area contributed by atoms with Crippen molar-refractivity contribution >= 4 is 22.8 Å². The van der Waals surface area contributed by atoms with E-state index in [2.05, 4.69) is 10.3 Å². The van der Waals surface area contributed by atoms with Crippen LogP contribution in [0.4, 0.5) is 10.5 Å². The highest BCUT2D eigenvalue weighted by Crippen LogP contribution is 2.25. The van der Waals surface area contributed by atoms with Crippen molar-refractivity contribution in [2.45, 2.75) is 18.9 Å². The molecule has 1 aromatic heterocycles. The van der Waals surface area contributed by atoms with E-state index in [4.69, 9.17) is 4.42 Å². The van der Waals surface area contributed by atoms with Crippen molar-refractivity contribution in [2.75, 3.05) is 18.4 Å². The van der Waals surface area contributed by atoms with Crippen molar-refractivity contribution in [3.05, 3.63) is 48.5 Å². The Labute approximate surface area is 145 Å². The molecule has 2 amide bonds. The van der Waals surface area contributed by atoms with Crippen molar-refractivity contribution < 1.29 is 14.3 Å². The van der Waals surface area contributed by atoms with Crippen LogP contribution in [-0.4, -0.2) is 40.2 Å². The van der Waals surface area contributed by atoms with E-state index in [1.807, 2.05) is 48.5 Å². The standard InChI is InChI=1S/C19H19N3O3/c23-15-4-3-11-22(12-15)19(24)20-14-9-7-13(8-10-14)18-21-16-5-1-2-6-17(16)25-18/h1-2,5-10,15,23H,3-4,11-12H2,(H,20,24). The molecule has 1 unspecified atom stereocenters. The third kappa shape index (κ3) is 3.34. The first-order chi connectivity index (χ1) is 12.2. The van der Waals surface area contributed by atoms with E-state index in [1.54, 1.807) is 4.90 Å². The summed E-state index contributed by atoms with van der Waals surface area (Å²) in [6, 6.07) is 14.8. The highest BCUT2D eigenvalue weighted by Gasteiger charge is 2.22. The van der Waals surface area contributed by atoms with E-state index in [1.165, 1.54) is 0 Å². The number of nitrogens with zero attached hydrogens (tertiary/aromatic N) is 2. The topological polar surface area (TPSA) is 78.6 Å². The lowest BCUT2D eigenvalue weighted by atomic mass is 10.1. The average molecular weight is 337 g/mol. The smallest absolute Gasteiger partial charge is 0.321 e. The minimum atomic E-state index is -0.430. The number of β-amino-alcohol motifs (C(OH)–C–C–N with tert-alkyl or cyclic N) is 1. The average Bonchev–Trinajstić information content (AvgIpc) is 3.06. The molecule has 0 bridgehead atoms. The normalized spacial score (nSPS) is 17.6. The fourth-order valence-electron chi connectivity index (χ4n) is 3.03. The quantitative estimate of drug-likeness (QED) is 0.750. The van der Waals surface area contributed by atoms with Gasteiger partial charge in [0.15, 0.2) is 5.58 Å². The maximum absolute atomic E-state index is 12.3. The molecule has 1 aliphatic rings. The summed E-state index contributed by atoms with van der Waals surface area (Å²) in [4.78, 5) is 18.4. The van der Waals surface area contributed by atoms with Crippen molar-refractivity contribution in [2.24, 2.45) is 0 Å². The molecule has 1 aliphatic heterocycles. The van der Waals surface area contributed by atoms with Crippen LogP contribution in [0.15, 0.2) is 52.9 Å². The molecule has 25 heavy (non-hydrogen) atoms. The monoisotopic (exact) mass is 337 g/mol. The Morgan fingerprint density at radius 2 is 2.00 bits per heavy atom. The van der Waals surface area contributed by atoms with Crippen LogP contribution in [0.3, 0.4) is 0 Å². The van der Waals surface area contributed by atoms with Gasteiger partial charge in [-0.05, 0) is 49.2 Å². The predicted octanol–water partition coefficient (Wildman–Crippen LogP) is 3.48. The molecule has 1 saturated heterocycles. The van der Waals surface area contributed by atoms with E-state index in [9.17, 15) is 9.90 Å². The fraction of sp³-hybridized carbons (Fsp3) is 0.263. The minimum absolute atomic E-state index is 0.187. The number of carbonyl (C=O) groups is 1. The minimum Gasteiger partial charge on any atom is -0.436 e. The number of amides is 2. The first-order valence-corrected chi connectivity index (χ1v) is 8.39. The number of anilines is 1. The molecule has 128 valence electrons. The van der Waals surface area contributed by atoms with Crippen LogP contribution in [0.1, 0.15) is 12.8 Å². The summed E-state index contributed by atoms with van der Waals surface area (Å²) in [7, 11) is 0. The molecule has 6 nitrogen and oxygen atoms in total. The second kappa shape index (κ2) is 6.57. The third-order valence-electron chi connectivity index (χ3n) is 4.36. The van der Waals surface area contributed by atoms with Crippen molar-refractivity contribution in [1.29, 1.82) is 0 Å². The number of likely N-dealkylation sites (tertiary alicyclic amines) is 1. The van der Waals surface area contributed by atoms with E-state index in [-0.39, 0.29) is 6.03 Å². The fourth-order valence-corrected chi connectivity index (χ4v) is 3.03. The summed E-state index contributed by atoms with van der Waals surface area (Å²) >= 11 is 0. The summed E-state index contributed by atoms with van der Waals surface area (Å²) in [5.74, 6) is 0.554. The van der Waals surface area contributed by atoms with Gasteiger partial charge in [-0.25, -0.2) is 9.78 Å². The zero-order chi connectivity index (χ0) is 17.2. The molecular weight excluding hydrogens is 318 g/mol. The lowest BCUT2D eigenvalue weighted by Gasteiger charge is -2.30. The maximum atomic E-state index is 12.3. The van der Waals surface area contributed by atoms with Crippen molar-refractivity contribution in [3.63, 3.8) is 0 Å². The largest absolute Gasteiger partial charge is 0.436 e. The van der Waals surface area contributed by atoms with E-state index < -0.39 is 6.10 Å². The van der Waals surface area contributed by atoms with Crippen LogP contribution in [0.2, 0.25) is 0 Å². The number of piperidine rings is 1. The lowest BCUT2D eigenvalue weighted by molar-refractivity contribution is 0.0883. The van der Waals surface area contributed by atoms with Crippen LogP contribution in [-0.2, 0) is 0 Å². The number of hydrogen-bond donors (Lipinski definition) is 2. The van der Waals surface area contributed by atoms with Gasteiger partial charge >= 0.3 is 6.03 Å². The van der Waals surface area contributed by atoms with Crippen LogP contribution in [0, 0.1) is 0 Å². The molecule has 0 radical (unpaired) electrons. The van der Waals surface area contributed by atoms with Gasteiger partial charge < -0.3 is 19.7 Å². The number of nitrogens with one attached hydrogen (secondary N) is 1. The Kier molecular flexibility index (Phi) is 4.11. The highest BCUT2D eigenvalue weighted by atomic mass is 16.3. The second-order valence-corrected chi connectivity index (χ2v) is 6.24. The van der Waals surface area contributed by atoms with E-state index in [0.29, 0.717) is 24.7 Å². The number of oxazole rings is 1. The molecule has 6 heteroatoms. The molecule has 2 N–H and O–H groups in total. The lowest BCUT2D eigenvalue weighted by Crippen LogP contribution is -2.44. The molecule has 0 saturated carbocycles. The van der Waals surface area contributed by atoms with Crippen LogP contribution in [0.25, 0.3) is 22.6 Å². The summed E-state index contributed by atoms with van der Waals surface area (Å²) in [5, 5.41) is 12.5. The van der Waals surface area contributed by atoms with Crippen LogP contribution >= 0.6 is 0 Å². The summed E-state index contributed by atoms with van der Waals surface area (Å²) in [6.45, 7) is 1.05. The number of benzene rings is 2. The van der Waals surface area contributed by atoms with Crippen molar-refractivity contribution in [1.82, 2.24) is 9.88 Å². The SMILES string of the molecule is O=C(Nc1ccc(-c2nc3ccccc3o2)cc1)N1CCCC(O)C1. The Balaban J connectivity index is 1.47. The zero-order valence-corrected chi connectivity index (χ0v) is 13.7. The number of aromatic nitrogens is 1. The molecule has 1 atom stereocenters. The van der Waals surface area contributed by atoms with Gasteiger partial charge in [0.2, 0.25) is 5.89 Å². The van der Waals surface area contributed by atoms with Gasteiger partial charge in [-0.3, -0.25) is 0 Å². The van der Waals surface area contributed by atoms with E-state index >= 15 is 0 Å². The predicted molar refractivity (Wildman–Crippen MR) is 95.3 cm³/mol. The van der Waals surface area contributed by atoms with Gasteiger partial charge in [0.25, 0.3) is 0 Å². The van der Waals surface area contributed by atoms with Crippen LogP contribution in [0.5, 0.6) is 0 Å². The van der Waals surface area contributed by atoms with Gasteiger partial charge in [0.1, 0.15) is 5.52 Å². The van der Waals surface area contributed by atoms with Gasteiger partial charge in [-0.1, -0.05) is 12.1 Å². The molecule has 2 aromatic carbocycles. The molecule has 0 aliphatic carbocycles. The zero-order valence-electron chi connectivity index (χ0n) is 13.7. The number of urea groups is 1. The first-order valence-electron chi connectivity index (χ1n) is 8.39. The number of carbonyl (C=O) groups excluding carboxylic acids is 1. The molecule has 0 spiro atoms.